The molecule has 1 rings (SSSR count). The summed E-state index contributed by atoms with van der Waals surface area (Å²) in [5, 5.41) is 3.80. The normalized spacial score (nSPS) is 11.2. The number of rotatable bonds is 0. The average Bonchev–Trinajstić information content (AvgIpc) is 1.91. The van der Waals surface area contributed by atoms with Crippen molar-refractivity contribution in [2.75, 3.05) is 0 Å². The van der Waals surface area contributed by atoms with E-state index in [0.717, 1.165) is 5.56 Å². The van der Waals surface area contributed by atoms with Gasteiger partial charge in [0.25, 0.3) is 0 Å². The maximum atomic E-state index is 7.11. The van der Waals surface area contributed by atoms with E-state index >= 15 is 0 Å². The van der Waals surface area contributed by atoms with Gasteiger partial charge in [0.15, 0.2) is 0 Å². The van der Waals surface area contributed by atoms with Crippen LogP contribution < -0.4 is 0 Å². The van der Waals surface area contributed by atoms with Gasteiger partial charge in [0.2, 0.25) is 0 Å². The van der Waals surface area contributed by atoms with Crippen molar-refractivity contribution in [2.45, 2.75) is 6.92 Å². The fourth-order valence-electron chi connectivity index (χ4n) is 0.297. The monoisotopic (exact) mass is 99.0 g/mol. The first-order valence-corrected chi connectivity index (χ1v) is 2.74. The molecule has 0 aliphatic rings. The van der Waals surface area contributed by atoms with Crippen molar-refractivity contribution in [3.05, 3.63) is 22.4 Å². The Labute approximate surface area is 42.8 Å². The topological polar surface area (TPSA) is 0 Å². The third kappa shape index (κ3) is 0.601. The quantitative estimate of drug-likeness (QED) is 0.467. The third-order valence-corrected chi connectivity index (χ3v) is 1.34. The van der Waals surface area contributed by atoms with Crippen LogP contribution in [-0.2, 0) is 0 Å². The van der Waals surface area contributed by atoms with Gasteiger partial charge >= 0.3 is 0 Å². The predicted octanol–water partition coefficient (Wildman–Crippen LogP) is 2.06. The molecule has 0 saturated carbocycles. The van der Waals surface area contributed by atoms with Crippen LogP contribution >= 0.6 is 11.3 Å². The molecule has 0 amide bonds. The van der Waals surface area contributed by atoms with Crippen LogP contribution in [0.5, 0.6) is 0 Å². The lowest BCUT2D eigenvalue weighted by atomic mass is 10.4. The highest BCUT2D eigenvalue weighted by Gasteiger charge is 1.74. The fourth-order valence-corrected chi connectivity index (χ4v) is 0.891. The van der Waals surface area contributed by atoms with E-state index in [2.05, 4.69) is 0 Å². The van der Waals surface area contributed by atoms with Gasteiger partial charge in [-0.3, -0.25) is 0 Å². The molecule has 1 aromatic heterocycles. The van der Waals surface area contributed by atoms with E-state index in [1.54, 1.807) is 11.3 Å². The Morgan fingerprint density at radius 3 is 3.00 bits per heavy atom. The van der Waals surface area contributed by atoms with E-state index in [4.69, 9.17) is 1.37 Å². The summed E-state index contributed by atoms with van der Waals surface area (Å²) in [5.74, 6) is 0. The Morgan fingerprint density at radius 2 is 2.83 bits per heavy atom. The molecule has 0 fully saturated rings. The summed E-state index contributed by atoms with van der Waals surface area (Å²) in [6, 6.07) is 0.657. The Morgan fingerprint density at radius 1 is 2.00 bits per heavy atom. The summed E-state index contributed by atoms with van der Waals surface area (Å²) in [6.07, 6.45) is 0. The number of hydrogen-bond acceptors (Lipinski definition) is 1. The van der Waals surface area contributed by atoms with Crippen molar-refractivity contribution >= 4 is 11.3 Å². The van der Waals surface area contributed by atoms with Crippen LogP contribution in [-0.4, -0.2) is 0 Å². The van der Waals surface area contributed by atoms with Gasteiger partial charge in [-0.2, -0.15) is 11.3 Å². The first-order valence-electron chi connectivity index (χ1n) is 2.30. The first-order chi connectivity index (χ1) is 3.30. The van der Waals surface area contributed by atoms with Crippen LogP contribution in [0.15, 0.2) is 16.8 Å². The minimum absolute atomic E-state index is 0.657. The van der Waals surface area contributed by atoms with Crippen molar-refractivity contribution in [1.82, 2.24) is 0 Å². The van der Waals surface area contributed by atoms with Gasteiger partial charge in [-0.05, 0) is 29.3 Å². The molecule has 0 N–H and O–H groups in total. The summed E-state index contributed by atoms with van der Waals surface area (Å²) in [5.41, 5.74) is 1.07. The highest BCUT2D eigenvalue weighted by molar-refractivity contribution is 7.07. The molecule has 0 bridgehead atoms. The zero-order chi connectivity index (χ0) is 5.28. The van der Waals surface area contributed by atoms with Gasteiger partial charge < -0.3 is 0 Å². The van der Waals surface area contributed by atoms with Crippen LogP contribution in [0.1, 0.15) is 6.93 Å². The van der Waals surface area contributed by atoms with Crippen LogP contribution in [0.2, 0.25) is 0 Å². The van der Waals surface area contributed by atoms with E-state index < -0.39 is 0 Å². The van der Waals surface area contributed by atoms with Gasteiger partial charge in [-0.25, -0.2) is 0 Å². The maximum Gasteiger partial charge on any atom is 0.0634 e. The lowest BCUT2D eigenvalue weighted by Crippen LogP contribution is -1.47. The van der Waals surface area contributed by atoms with E-state index in [-0.39, 0.29) is 0 Å². The van der Waals surface area contributed by atoms with E-state index in [9.17, 15) is 0 Å². The van der Waals surface area contributed by atoms with Crippen molar-refractivity contribution in [2.24, 2.45) is 0 Å². The number of aryl methyl sites for hydroxylation is 1. The maximum absolute atomic E-state index is 7.11. The minimum Gasteiger partial charge on any atom is -0.152 e. The molecule has 0 atom stereocenters. The smallest absolute Gasteiger partial charge is 0.0634 e. The van der Waals surface area contributed by atoms with Gasteiger partial charge in [0, 0.05) is 0 Å². The Hall–Kier alpha value is -0.300. The Kier molecular flexibility index (Phi) is 0.670. The van der Waals surface area contributed by atoms with Crippen LogP contribution in [0.3, 0.4) is 0 Å². The molecule has 32 valence electrons. The molecule has 6 heavy (non-hydrogen) atoms. The van der Waals surface area contributed by atoms with E-state index in [1.165, 1.54) is 0 Å². The Balaban J connectivity index is 3.12. The predicted molar refractivity (Wildman–Crippen MR) is 29.1 cm³/mol. The molecule has 1 heterocycles. The molecule has 1 aromatic rings. The summed E-state index contributed by atoms with van der Waals surface area (Å²) in [4.78, 5) is 0. The summed E-state index contributed by atoms with van der Waals surface area (Å²) in [7, 11) is 0. The van der Waals surface area contributed by atoms with Crippen LogP contribution in [0.25, 0.3) is 0 Å². The fraction of sp³-hybridized carbons (Fsp3) is 0.200. The average molecular weight is 99.2 g/mol. The molecule has 0 saturated heterocycles. The lowest BCUT2D eigenvalue weighted by Gasteiger charge is -1.65. The molecule has 0 aliphatic carbocycles. The second kappa shape index (κ2) is 1.43. The van der Waals surface area contributed by atoms with Gasteiger partial charge in [-0.1, -0.05) is 0 Å². The number of thiophene rings is 1. The molecule has 0 aliphatic heterocycles. The second-order valence-electron chi connectivity index (χ2n) is 1.20. The van der Waals surface area contributed by atoms with Crippen molar-refractivity contribution in [3.8, 4) is 0 Å². The molecule has 0 radical (unpaired) electrons. The lowest BCUT2D eigenvalue weighted by molar-refractivity contribution is 1.56. The molecule has 0 unspecified atom stereocenters. The van der Waals surface area contributed by atoms with Gasteiger partial charge in [-0.15, -0.1) is 0 Å². The van der Waals surface area contributed by atoms with E-state index in [1.807, 2.05) is 17.7 Å². The molecule has 0 spiro atoms. The standard InChI is InChI=1S/C5H6S/c1-5-2-3-6-4-5/h2-4H,1H3/i2D. The van der Waals surface area contributed by atoms with E-state index in [0.29, 0.717) is 6.04 Å². The highest BCUT2D eigenvalue weighted by atomic mass is 32.1. The van der Waals surface area contributed by atoms with Gasteiger partial charge in [0.05, 0.1) is 1.37 Å². The second-order valence-corrected chi connectivity index (χ2v) is 1.94. The number of hydrogen-bond donors (Lipinski definition) is 0. The largest absolute Gasteiger partial charge is 0.152 e. The highest BCUT2D eigenvalue weighted by Crippen LogP contribution is 2.01. The van der Waals surface area contributed by atoms with Crippen molar-refractivity contribution < 1.29 is 1.37 Å². The molecule has 1 heteroatoms. The van der Waals surface area contributed by atoms with Crippen LogP contribution in [0.4, 0.5) is 0 Å². The Bertz CT molecular complexity index is 140. The first kappa shape index (κ1) is 2.80. The summed E-state index contributed by atoms with van der Waals surface area (Å²) >= 11 is 1.58. The molecular weight excluding hydrogens is 92.1 g/mol. The van der Waals surface area contributed by atoms with Crippen LogP contribution in [0, 0.1) is 6.92 Å². The minimum atomic E-state index is 0.657. The SMILES string of the molecule is [2H]c1cscc1C. The zero-order valence-electron chi connectivity index (χ0n) is 4.56. The van der Waals surface area contributed by atoms with Gasteiger partial charge in [0.1, 0.15) is 0 Å². The summed E-state index contributed by atoms with van der Waals surface area (Å²) in [6.45, 7) is 1.94. The third-order valence-electron chi connectivity index (χ3n) is 0.599. The van der Waals surface area contributed by atoms with Crippen molar-refractivity contribution in [1.29, 1.82) is 0 Å². The molecule has 0 aromatic carbocycles. The summed E-state index contributed by atoms with van der Waals surface area (Å²) < 4.78 is 7.11. The zero-order valence-corrected chi connectivity index (χ0v) is 4.38. The molecular formula is C5H6S. The van der Waals surface area contributed by atoms with Crippen molar-refractivity contribution in [3.63, 3.8) is 0 Å². The molecule has 0 nitrogen and oxygen atoms in total.